The molecule has 2 heteroatoms. The van der Waals surface area contributed by atoms with Gasteiger partial charge in [0, 0.05) is 6.04 Å². The first-order valence-electron chi connectivity index (χ1n) is 5.45. The van der Waals surface area contributed by atoms with Gasteiger partial charge in [-0.25, -0.2) is 0 Å². The Labute approximate surface area is 92.8 Å². The van der Waals surface area contributed by atoms with Gasteiger partial charge in [0.1, 0.15) is 0 Å². The van der Waals surface area contributed by atoms with E-state index in [1.165, 1.54) is 11.1 Å². The van der Waals surface area contributed by atoms with Crippen molar-refractivity contribution in [1.82, 2.24) is 5.43 Å². The van der Waals surface area contributed by atoms with Crippen LogP contribution in [0.1, 0.15) is 31.9 Å². The quantitative estimate of drug-likeness (QED) is 0.589. The van der Waals surface area contributed by atoms with E-state index >= 15 is 0 Å². The Bertz CT molecular complexity index is 295. The molecule has 0 radical (unpaired) electrons. The van der Waals surface area contributed by atoms with Crippen LogP contribution in [0.2, 0.25) is 0 Å². The Hall–Kier alpha value is -0.860. The molecule has 0 heterocycles. The summed E-state index contributed by atoms with van der Waals surface area (Å²) >= 11 is 0. The third-order valence-corrected chi connectivity index (χ3v) is 2.81. The first-order chi connectivity index (χ1) is 6.93. The van der Waals surface area contributed by atoms with Gasteiger partial charge < -0.3 is 0 Å². The number of aryl methyl sites for hydroxylation is 1. The predicted molar refractivity (Wildman–Crippen MR) is 65.4 cm³/mol. The Morgan fingerprint density at radius 3 is 2.13 bits per heavy atom. The number of nitrogens with two attached hydrogens (primary N) is 1. The average molecular weight is 206 g/mol. The Balaban J connectivity index is 2.71. The van der Waals surface area contributed by atoms with Crippen LogP contribution in [0, 0.1) is 12.3 Å². The minimum Gasteiger partial charge on any atom is -0.271 e. The lowest BCUT2D eigenvalue weighted by Gasteiger charge is -2.30. The summed E-state index contributed by atoms with van der Waals surface area (Å²) in [7, 11) is 0. The highest BCUT2D eigenvalue weighted by Crippen LogP contribution is 2.22. The third-order valence-electron chi connectivity index (χ3n) is 2.81. The predicted octanol–water partition coefficient (Wildman–Crippen LogP) is 2.42. The van der Waals surface area contributed by atoms with E-state index in [-0.39, 0.29) is 5.41 Å². The van der Waals surface area contributed by atoms with Crippen molar-refractivity contribution in [2.45, 2.75) is 40.2 Å². The molecule has 0 aliphatic heterocycles. The number of nitrogens with one attached hydrogen (secondary N) is 1. The largest absolute Gasteiger partial charge is 0.271 e. The third kappa shape index (κ3) is 3.65. The highest BCUT2D eigenvalue weighted by atomic mass is 15.2. The monoisotopic (exact) mass is 206 g/mol. The molecule has 1 atom stereocenters. The molecule has 1 aromatic rings. The van der Waals surface area contributed by atoms with Gasteiger partial charge in [-0.2, -0.15) is 0 Å². The molecule has 0 aliphatic rings. The zero-order chi connectivity index (χ0) is 11.5. The molecule has 0 amide bonds. The zero-order valence-corrected chi connectivity index (χ0v) is 10.2. The molecule has 0 bridgehead atoms. The number of rotatable bonds is 3. The van der Waals surface area contributed by atoms with E-state index in [0.717, 1.165) is 6.42 Å². The number of hydrogen-bond donors (Lipinski definition) is 2. The van der Waals surface area contributed by atoms with Crippen LogP contribution < -0.4 is 11.3 Å². The van der Waals surface area contributed by atoms with Crippen molar-refractivity contribution in [2.75, 3.05) is 0 Å². The van der Waals surface area contributed by atoms with E-state index in [1.807, 2.05) is 0 Å². The molecule has 0 spiro atoms. The second-order valence-electron chi connectivity index (χ2n) is 5.28. The smallest absolute Gasteiger partial charge is 0.0299 e. The van der Waals surface area contributed by atoms with Gasteiger partial charge in [0.05, 0.1) is 0 Å². The van der Waals surface area contributed by atoms with Gasteiger partial charge in [-0.15, -0.1) is 0 Å². The first kappa shape index (κ1) is 12.2. The normalized spacial score (nSPS) is 13.9. The van der Waals surface area contributed by atoms with Gasteiger partial charge >= 0.3 is 0 Å². The zero-order valence-electron chi connectivity index (χ0n) is 10.2. The Kier molecular flexibility index (Phi) is 3.89. The molecule has 0 saturated heterocycles. The summed E-state index contributed by atoms with van der Waals surface area (Å²) in [5, 5.41) is 0. The SMILES string of the molecule is Cc1ccc(CC(NN)C(C)(C)C)cc1. The fourth-order valence-electron chi connectivity index (χ4n) is 1.57. The van der Waals surface area contributed by atoms with Crippen LogP contribution in [0.4, 0.5) is 0 Å². The molecule has 0 aromatic heterocycles. The van der Waals surface area contributed by atoms with Gasteiger partial charge in [-0.05, 0) is 24.3 Å². The van der Waals surface area contributed by atoms with Crippen LogP contribution in [0.3, 0.4) is 0 Å². The summed E-state index contributed by atoms with van der Waals surface area (Å²) < 4.78 is 0. The molecule has 2 nitrogen and oxygen atoms in total. The lowest BCUT2D eigenvalue weighted by molar-refractivity contribution is 0.269. The van der Waals surface area contributed by atoms with Crippen LogP contribution in [0.25, 0.3) is 0 Å². The van der Waals surface area contributed by atoms with Crippen molar-refractivity contribution in [2.24, 2.45) is 11.3 Å². The number of hydrogen-bond acceptors (Lipinski definition) is 2. The van der Waals surface area contributed by atoms with Gasteiger partial charge in [0.25, 0.3) is 0 Å². The minimum absolute atomic E-state index is 0.180. The minimum atomic E-state index is 0.180. The molecule has 0 saturated carbocycles. The van der Waals surface area contributed by atoms with E-state index in [9.17, 15) is 0 Å². The summed E-state index contributed by atoms with van der Waals surface area (Å²) in [5.41, 5.74) is 5.72. The number of benzene rings is 1. The molecule has 1 rings (SSSR count). The molecule has 1 unspecified atom stereocenters. The van der Waals surface area contributed by atoms with Gasteiger partial charge in [0.2, 0.25) is 0 Å². The summed E-state index contributed by atoms with van der Waals surface area (Å²) in [6.45, 7) is 8.70. The second kappa shape index (κ2) is 4.77. The van der Waals surface area contributed by atoms with Crippen molar-refractivity contribution in [3.63, 3.8) is 0 Å². The molecule has 0 aliphatic carbocycles. The molecule has 1 aromatic carbocycles. The van der Waals surface area contributed by atoms with E-state index < -0.39 is 0 Å². The van der Waals surface area contributed by atoms with Gasteiger partial charge in [0.15, 0.2) is 0 Å². The van der Waals surface area contributed by atoms with Crippen LogP contribution in [-0.4, -0.2) is 6.04 Å². The van der Waals surface area contributed by atoms with E-state index in [2.05, 4.69) is 57.4 Å². The fourth-order valence-corrected chi connectivity index (χ4v) is 1.57. The van der Waals surface area contributed by atoms with Crippen molar-refractivity contribution in [1.29, 1.82) is 0 Å². The molecular weight excluding hydrogens is 184 g/mol. The molecule has 0 fully saturated rings. The van der Waals surface area contributed by atoms with Crippen LogP contribution in [0.15, 0.2) is 24.3 Å². The van der Waals surface area contributed by atoms with Crippen LogP contribution in [-0.2, 0) is 6.42 Å². The van der Waals surface area contributed by atoms with E-state index in [1.54, 1.807) is 0 Å². The summed E-state index contributed by atoms with van der Waals surface area (Å²) in [6, 6.07) is 8.94. The van der Waals surface area contributed by atoms with Crippen molar-refractivity contribution < 1.29 is 0 Å². The summed E-state index contributed by atoms with van der Waals surface area (Å²) in [4.78, 5) is 0. The Morgan fingerprint density at radius 1 is 1.20 bits per heavy atom. The van der Waals surface area contributed by atoms with Crippen molar-refractivity contribution in [3.8, 4) is 0 Å². The second-order valence-corrected chi connectivity index (χ2v) is 5.28. The maximum atomic E-state index is 5.59. The number of hydrazine groups is 1. The van der Waals surface area contributed by atoms with Crippen LogP contribution in [0.5, 0.6) is 0 Å². The van der Waals surface area contributed by atoms with Gasteiger partial charge in [-0.1, -0.05) is 50.6 Å². The lowest BCUT2D eigenvalue weighted by atomic mass is 9.83. The van der Waals surface area contributed by atoms with Crippen molar-refractivity contribution in [3.05, 3.63) is 35.4 Å². The Morgan fingerprint density at radius 2 is 1.73 bits per heavy atom. The molecule has 84 valence electrons. The van der Waals surface area contributed by atoms with E-state index in [4.69, 9.17) is 5.84 Å². The van der Waals surface area contributed by atoms with E-state index in [0.29, 0.717) is 6.04 Å². The standard InChI is InChI=1S/C13H22N2/c1-10-5-7-11(8-6-10)9-12(15-14)13(2,3)4/h5-8,12,15H,9,14H2,1-4H3. The van der Waals surface area contributed by atoms with Gasteiger partial charge in [-0.3, -0.25) is 11.3 Å². The summed E-state index contributed by atoms with van der Waals surface area (Å²) in [6.07, 6.45) is 0.972. The lowest BCUT2D eigenvalue weighted by Crippen LogP contribution is -2.45. The molecule has 15 heavy (non-hydrogen) atoms. The van der Waals surface area contributed by atoms with Crippen molar-refractivity contribution >= 4 is 0 Å². The maximum Gasteiger partial charge on any atom is 0.0299 e. The summed E-state index contributed by atoms with van der Waals surface area (Å²) in [5.74, 6) is 5.59. The van der Waals surface area contributed by atoms with Crippen LogP contribution >= 0.6 is 0 Å². The average Bonchev–Trinajstić information content (AvgIpc) is 2.15. The molecule has 3 N–H and O–H groups in total. The highest BCUT2D eigenvalue weighted by molar-refractivity contribution is 5.22. The fraction of sp³-hybridized carbons (Fsp3) is 0.538. The highest BCUT2D eigenvalue weighted by Gasteiger charge is 2.23. The first-order valence-corrected chi connectivity index (χ1v) is 5.45. The maximum absolute atomic E-state index is 5.59. The topological polar surface area (TPSA) is 38.0 Å². The molecular formula is C13H22N2.